The molecule has 5 rings (SSSR count). The molecule has 1 saturated heterocycles. The number of fused-ring (bicyclic) bond motifs is 1. The number of benzene rings is 2. The maximum atomic E-state index is 13.5. The predicted octanol–water partition coefficient (Wildman–Crippen LogP) is 3.40. The standard InChI is InChI=1S/C25H23F2N5O2/c1-34-23-10-19-21(11-22(23)32-5-4-18(28)13-32)30-24(31-25(19)33)6-14-2-3-20(29-12-14)15-7-16(26)9-17(27)8-15/h2-3,7-12,18H,4-6,13,28H2,1H3,(H,30,31,33). The van der Waals surface area contributed by atoms with Gasteiger partial charge in [-0.25, -0.2) is 13.8 Å². The van der Waals surface area contributed by atoms with E-state index in [0.29, 0.717) is 46.7 Å². The van der Waals surface area contributed by atoms with Gasteiger partial charge in [0, 0.05) is 43.4 Å². The Bertz CT molecular complexity index is 1400. The number of nitrogens with two attached hydrogens (primary N) is 1. The van der Waals surface area contributed by atoms with Crippen LogP contribution < -0.4 is 20.9 Å². The number of halogens is 2. The van der Waals surface area contributed by atoms with Gasteiger partial charge in [-0.05, 0) is 42.3 Å². The first-order valence-corrected chi connectivity index (χ1v) is 10.9. The molecule has 7 nitrogen and oxygen atoms in total. The fraction of sp³-hybridized carbons (Fsp3) is 0.240. The third kappa shape index (κ3) is 4.34. The van der Waals surface area contributed by atoms with Gasteiger partial charge in [-0.3, -0.25) is 9.78 Å². The van der Waals surface area contributed by atoms with Crippen molar-refractivity contribution < 1.29 is 13.5 Å². The summed E-state index contributed by atoms with van der Waals surface area (Å²) in [4.78, 5) is 26.7. The number of aromatic amines is 1. The van der Waals surface area contributed by atoms with Gasteiger partial charge in [0.2, 0.25) is 0 Å². The van der Waals surface area contributed by atoms with Crippen molar-refractivity contribution in [3.8, 4) is 17.0 Å². The van der Waals surface area contributed by atoms with Gasteiger partial charge in [-0.2, -0.15) is 0 Å². The lowest BCUT2D eigenvalue weighted by Crippen LogP contribution is -2.26. The molecule has 174 valence electrons. The highest BCUT2D eigenvalue weighted by atomic mass is 19.1. The number of nitrogens with one attached hydrogen (secondary N) is 1. The lowest BCUT2D eigenvalue weighted by molar-refractivity contribution is 0.415. The molecule has 0 radical (unpaired) electrons. The largest absolute Gasteiger partial charge is 0.495 e. The van der Waals surface area contributed by atoms with Crippen LogP contribution in [-0.4, -0.2) is 41.2 Å². The van der Waals surface area contributed by atoms with Crippen LogP contribution in [-0.2, 0) is 6.42 Å². The molecule has 0 bridgehead atoms. The van der Waals surface area contributed by atoms with E-state index in [4.69, 9.17) is 10.5 Å². The Balaban J connectivity index is 1.45. The molecule has 2 aromatic heterocycles. The van der Waals surface area contributed by atoms with Crippen LogP contribution in [0, 0.1) is 11.6 Å². The quantitative estimate of drug-likeness (QED) is 0.471. The summed E-state index contributed by atoms with van der Waals surface area (Å²) in [5.41, 5.74) is 8.82. The van der Waals surface area contributed by atoms with Crippen LogP contribution in [0.5, 0.6) is 5.75 Å². The molecule has 3 heterocycles. The van der Waals surface area contributed by atoms with E-state index in [-0.39, 0.29) is 11.6 Å². The summed E-state index contributed by atoms with van der Waals surface area (Å²) in [5.74, 6) is -0.232. The number of aromatic nitrogens is 3. The third-order valence-electron chi connectivity index (χ3n) is 5.98. The minimum Gasteiger partial charge on any atom is -0.495 e. The van der Waals surface area contributed by atoms with Crippen LogP contribution in [0.3, 0.4) is 0 Å². The molecule has 3 N–H and O–H groups in total. The van der Waals surface area contributed by atoms with Crippen molar-refractivity contribution >= 4 is 16.6 Å². The molecule has 9 heteroatoms. The van der Waals surface area contributed by atoms with E-state index < -0.39 is 11.6 Å². The summed E-state index contributed by atoms with van der Waals surface area (Å²) in [6, 6.07) is 10.4. The summed E-state index contributed by atoms with van der Waals surface area (Å²) in [5, 5.41) is 0.439. The highest BCUT2D eigenvalue weighted by Gasteiger charge is 2.23. The fourth-order valence-electron chi connectivity index (χ4n) is 4.30. The second-order valence-corrected chi connectivity index (χ2v) is 8.44. The topological polar surface area (TPSA) is 97.1 Å². The number of pyridine rings is 1. The Kier molecular flexibility index (Phi) is 5.70. The summed E-state index contributed by atoms with van der Waals surface area (Å²) in [6.07, 6.45) is 2.83. The van der Waals surface area contributed by atoms with E-state index in [1.165, 1.54) is 12.1 Å². The predicted molar refractivity (Wildman–Crippen MR) is 126 cm³/mol. The molecule has 1 atom stereocenters. The van der Waals surface area contributed by atoms with E-state index >= 15 is 0 Å². The van der Waals surface area contributed by atoms with Crippen molar-refractivity contribution in [1.82, 2.24) is 15.0 Å². The van der Waals surface area contributed by atoms with Crippen LogP contribution in [0.2, 0.25) is 0 Å². The minimum absolute atomic E-state index is 0.0995. The Morgan fingerprint density at radius 1 is 1.18 bits per heavy atom. The van der Waals surface area contributed by atoms with Crippen molar-refractivity contribution in [3.63, 3.8) is 0 Å². The second kappa shape index (κ2) is 8.83. The minimum atomic E-state index is -0.661. The van der Waals surface area contributed by atoms with E-state index in [9.17, 15) is 13.6 Å². The third-order valence-corrected chi connectivity index (χ3v) is 5.98. The smallest absolute Gasteiger partial charge is 0.258 e. The molecule has 0 saturated carbocycles. The molecule has 2 aromatic carbocycles. The van der Waals surface area contributed by atoms with E-state index in [2.05, 4.69) is 19.9 Å². The van der Waals surface area contributed by atoms with Crippen LogP contribution in [0.1, 0.15) is 17.8 Å². The average molecular weight is 463 g/mol. The highest BCUT2D eigenvalue weighted by molar-refractivity contribution is 5.85. The summed E-state index contributed by atoms with van der Waals surface area (Å²) < 4.78 is 32.6. The van der Waals surface area contributed by atoms with Crippen LogP contribution >= 0.6 is 0 Å². The van der Waals surface area contributed by atoms with E-state index in [0.717, 1.165) is 30.3 Å². The van der Waals surface area contributed by atoms with Gasteiger partial charge in [-0.1, -0.05) is 6.07 Å². The number of methoxy groups -OCH3 is 1. The molecule has 0 spiro atoms. The van der Waals surface area contributed by atoms with Crippen LogP contribution in [0.4, 0.5) is 14.5 Å². The van der Waals surface area contributed by atoms with Gasteiger partial charge in [0.05, 0.1) is 29.4 Å². The molecule has 1 aliphatic rings. The van der Waals surface area contributed by atoms with E-state index in [1.54, 1.807) is 31.5 Å². The van der Waals surface area contributed by atoms with Gasteiger partial charge >= 0.3 is 0 Å². The number of hydrogen-bond acceptors (Lipinski definition) is 6. The normalized spacial score (nSPS) is 15.8. The second-order valence-electron chi connectivity index (χ2n) is 8.44. The Labute approximate surface area is 194 Å². The molecule has 1 aliphatic heterocycles. The van der Waals surface area contributed by atoms with Crippen LogP contribution in [0.25, 0.3) is 22.2 Å². The summed E-state index contributed by atoms with van der Waals surface area (Å²) >= 11 is 0. The maximum Gasteiger partial charge on any atom is 0.258 e. The zero-order valence-corrected chi connectivity index (χ0v) is 18.5. The lowest BCUT2D eigenvalue weighted by Gasteiger charge is -2.21. The molecule has 34 heavy (non-hydrogen) atoms. The molecule has 0 aliphatic carbocycles. The first kappa shape index (κ1) is 22.0. The van der Waals surface area contributed by atoms with Gasteiger partial charge < -0.3 is 20.4 Å². The molecule has 1 unspecified atom stereocenters. The van der Waals surface area contributed by atoms with Crippen molar-refractivity contribution in [2.24, 2.45) is 5.73 Å². The highest BCUT2D eigenvalue weighted by Crippen LogP contribution is 2.33. The first-order valence-electron chi connectivity index (χ1n) is 10.9. The fourth-order valence-corrected chi connectivity index (χ4v) is 4.30. The number of rotatable bonds is 5. The number of anilines is 1. The van der Waals surface area contributed by atoms with Gasteiger partial charge in [-0.15, -0.1) is 0 Å². The van der Waals surface area contributed by atoms with Gasteiger partial charge in [0.1, 0.15) is 23.2 Å². The maximum absolute atomic E-state index is 13.5. The molecular formula is C25H23F2N5O2. The number of H-pyrrole nitrogens is 1. The Hall–Kier alpha value is -3.85. The van der Waals surface area contributed by atoms with Gasteiger partial charge in [0.25, 0.3) is 5.56 Å². The van der Waals surface area contributed by atoms with Crippen molar-refractivity contribution in [1.29, 1.82) is 0 Å². The molecule has 0 amide bonds. The zero-order chi connectivity index (χ0) is 23.8. The monoisotopic (exact) mass is 463 g/mol. The number of ether oxygens (including phenoxy) is 1. The Morgan fingerprint density at radius 2 is 1.97 bits per heavy atom. The number of hydrogen-bond donors (Lipinski definition) is 2. The Morgan fingerprint density at radius 3 is 2.62 bits per heavy atom. The lowest BCUT2D eigenvalue weighted by atomic mass is 10.1. The average Bonchev–Trinajstić information content (AvgIpc) is 3.24. The molecule has 4 aromatic rings. The van der Waals surface area contributed by atoms with E-state index in [1.807, 2.05) is 6.07 Å². The SMILES string of the molecule is COc1cc2c(=O)[nH]c(Cc3ccc(-c4cc(F)cc(F)c4)nc3)nc2cc1N1CCC(N)C1. The van der Waals surface area contributed by atoms with Gasteiger partial charge in [0.15, 0.2) is 0 Å². The summed E-state index contributed by atoms with van der Waals surface area (Å²) in [6.45, 7) is 1.53. The summed E-state index contributed by atoms with van der Waals surface area (Å²) in [7, 11) is 1.57. The first-order chi connectivity index (χ1) is 16.4. The van der Waals surface area contributed by atoms with Crippen LogP contribution in [0.15, 0.2) is 53.5 Å². The number of nitrogens with zero attached hydrogens (tertiary/aromatic N) is 3. The van der Waals surface area contributed by atoms with Crippen molar-refractivity contribution in [2.75, 3.05) is 25.1 Å². The van der Waals surface area contributed by atoms with Crippen molar-refractivity contribution in [2.45, 2.75) is 18.9 Å². The molecule has 1 fully saturated rings. The molecular weight excluding hydrogens is 440 g/mol. The zero-order valence-electron chi connectivity index (χ0n) is 18.5. The van der Waals surface area contributed by atoms with Crippen molar-refractivity contribution in [3.05, 3.63) is 82.0 Å².